The van der Waals surface area contributed by atoms with Gasteiger partial charge < -0.3 is 9.73 Å². The van der Waals surface area contributed by atoms with E-state index < -0.39 is 0 Å². The fraction of sp³-hybridized carbons (Fsp3) is 0.529. The largest absolute Gasteiger partial charge is 0.423 e. The number of aromatic nitrogens is 2. The lowest BCUT2D eigenvalue weighted by Crippen LogP contribution is -2.39. The van der Waals surface area contributed by atoms with Crippen LogP contribution in [0.1, 0.15) is 45.1 Å². The smallest absolute Gasteiger partial charge is 0.247 e. The third-order valence-electron chi connectivity index (χ3n) is 4.68. The SMILES string of the molecule is Cc1ccc(-c2nnco2)cc1NC1CCCCC1(C)C. The molecule has 1 aromatic carbocycles. The van der Waals surface area contributed by atoms with Crippen LogP contribution in [0.2, 0.25) is 0 Å². The zero-order chi connectivity index (χ0) is 14.9. The number of nitrogens with zero attached hydrogens (tertiary/aromatic N) is 2. The van der Waals surface area contributed by atoms with E-state index in [9.17, 15) is 0 Å². The van der Waals surface area contributed by atoms with Crippen LogP contribution >= 0.6 is 0 Å². The highest BCUT2D eigenvalue weighted by atomic mass is 16.4. The van der Waals surface area contributed by atoms with Gasteiger partial charge in [0.05, 0.1) is 0 Å². The number of benzene rings is 1. The predicted octanol–water partition coefficient (Wildman–Crippen LogP) is 4.43. The van der Waals surface area contributed by atoms with Crippen LogP contribution in [0.4, 0.5) is 5.69 Å². The summed E-state index contributed by atoms with van der Waals surface area (Å²) in [5.41, 5.74) is 3.73. The fourth-order valence-corrected chi connectivity index (χ4v) is 3.16. The molecular weight excluding hydrogens is 262 g/mol. The van der Waals surface area contributed by atoms with Crippen LogP contribution < -0.4 is 5.32 Å². The van der Waals surface area contributed by atoms with Crippen LogP contribution in [0.3, 0.4) is 0 Å². The second kappa shape index (κ2) is 5.51. The topological polar surface area (TPSA) is 51.0 Å². The van der Waals surface area contributed by atoms with E-state index in [1.807, 2.05) is 6.07 Å². The summed E-state index contributed by atoms with van der Waals surface area (Å²) >= 11 is 0. The second-order valence-corrected chi connectivity index (χ2v) is 6.70. The molecule has 4 heteroatoms. The van der Waals surface area contributed by atoms with Crippen molar-refractivity contribution in [3.05, 3.63) is 30.2 Å². The minimum Gasteiger partial charge on any atom is -0.423 e. The van der Waals surface area contributed by atoms with Gasteiger partial charge >= 0.3 is 0 Å². The van der Waals surface area contributed by atoms with Gasteiger partial charge in [0.15, 0.2) is 0 Å². The van der Waals surface area contributed by atoms with E-state index in [0.29, 0.717) is 17.3 Å². The van der Waals surface area contributed by atoms with Gasteiger partial charge in [-0.3, -0.25) is 0 Å². The minimum absolute atomic E-state index is 0.338. The zero-order valence-electron chi connectivity index (χ0n) is 13.0. The van der Waals surface area contributed by atoms with E-state index in [4.69, 9.17) is 4.42 Å². The van der Waals surface area contributed by atoms with Crippen molar-refractivity contribution >= 4 is 5.69 Å². The van der Waals surface area contributed by atoms with Crippen LogP contribution in [0.25, 0.3) is 11.5 Å². The molecule has 3 rings (SSSR count). The molecule has 1 atom stereocenters. The molecule has 1 heterocycles. The van der Waals surface area contributed by atoms with Crippen molar-refractivity contribution < 1.29 is 4.42 Å². The van der Waals surface area contributed by atoms with Gasteiger partial charge in [-0.15, -0.1) is 10.2 Å². The normalized spacial score (nSPS) is 21.2. The number of hydrogen-bond acceptors (Lipinski definition) is 4. The third kappa shape index (κ3) is 2.94. The molecule has 112 valence electrons. The van der Waals surface area contributed by atoms with Crippen molar-refractivity contribution in [1.82, 2.24) is 10.2 Å². The summed E-state index contributed by atoms with van der Waals surface area (Å²) in [6.45, 7) is 6.86. The Bertz CT molecular complexity index is 605. The highest BCUT2D eigenvalue weighted by molar-refractivity contribution is 5.64. The van der Waals surface area contributed by atoms with E-state index >= 15 is 0 Å². The molecule has 0 saturated heterocycles. The summed E-state index contributed by atoms with van der Waals surface area (Å²) in [5, 5.41) is 11.5. The summed E-state index contributed by atoms with van der Waals surface area (Å²) in [5.74, 6) is 0.570. The Balaban J connectivity index is 1.86. The summed E-state index contributed by atoms with van der Waals surface area (Å²) in [7, 11) is 0. The Labute approximate surface area is 126 Å². The summed E-state index contributed by atoms with van der Waals surface area (Å²) < 4.78 is 5.30. The lowest BCUT2D eigenvalue weighted by Gasteiger charge is -2.40. The van der Waals surface area contributed by atoms with E-state index in [1.54, 1.807) is 0 Å². The Hall–Kier alpha value is -1.84. The van der Waals surface area contributed by atoms with Gasteiger partial charge in [0.2, 0.25) is 12.3 Å². The molecule has 0 aliphatic heterocycles. The van der Waals surface area contributed by atoms with Crippen molar-refractivity contribution in [2.45, 2.75) is 52.5 Å². The van der Waals surface area contributed by atoms with Gasteiger partial charge in [-0.2, -0.15) is 0 Å². The van der Waals surface area contributed by atoms with Crippen molar-refractivity contribution in [1.29, 1.82) is 0 Å². The minimum atomic E-state index is 0.338. The summed E-state index contributed by atoms with van der Waals surface area (Å²) in [6, 6.07) is 6.77. The first-order chi connectivity index (χ1) is 10.1. The zero-order valence-corrected chi connectivity index (χ0v) is 13.0. The van der Waals surface area contributed by atoms with Gasteiger partial charge in [0, 0.05) is 17.3 Å². The highest BCUT2D eigenvalue weighted by Gasteiger charge is 2.32. The molecular formula is C17H23N3O. The Morgan fingerprint density at radius 1 is 1.29 bits per heavy atom. The van der Waals surface area contributed by atoms with Crippen LogP contribution in [-0.4, -0.2) is 16.2 Å². The molecule has 1 fully saturated rings. The third-order valence-corrected chi connectivity index (χ3v) is 4.68. The molecule has 1 aliphatic carbocycles. The maximum atomic E-state index is 5.30. The van der Waals surface area contributed by atoms with E-state index in [1.165, 1.54) is 43.3 Å². The first kappa shape index (κ1) is 14.1. The first-order valence-electron chi connectivity index (χ1n) is 7.70. The second-order valence-electron chi connectivity index (χ2n) is 6.70. The summed E-state index contributed by atoms with van der Waals surface area (Å²) in [4.78, 5) is 0. The average molecular weight is 285 g/mol. The van der Waals surface area contributed by atoms with Crippen LogP contribution in [0.15, 0.2) is 29.0 Å². The molecule has 1 saturated carbocycles. The predicted molar refractivity (Wildman–Crippen MR) is 84.1 cm³/mol. The molecule has 1 aliphatic rings. The van der Waals surface area contributed by atoms with E-state index in [0.717, 1.165) is 5.56 Å². The van der Waals surface area contributed by atoms with Crippen LogP contribution in [0.5, 0.6) is 0 Å². The molecule has 1 aromatic heterocycles. The molecule has 4 nitrogen and oxygen atoms in total. The first-order valence-corrected chi connectivity index (χ1v) is 7.70. The van der Waals surface area contributed by atoms with Crippen molar-refractivity contribution in [3.8, 4) is 11.5 Å². The number of nitrogens with one attached hydrogen (secondary N) is 1. The molecule has 21 heavy (non-hydrogen) atoms. The standard InChI is InChI=1S/C17H23N3O/c1-12-7-8-13(16-20-18-11-21-16)10-14(12)19-15-6-4-5-9-17(15,2)3/h7-8,10-11,15,19H,4-6,9H2,1-3H3. The van der Waals surface area contributed by atoms with Gasteiger partial charge in [-0.05, 0) is 42.9 Å². The molecule has 2 aromatic rings. The molecule has 0 spiro atoms. The number of rotatable bonds is 3. The Morgan fingerprint density at radius 2 is 2.14 bits per heavy atom. The van der Waals surface area contributed by atoms with Gasteiger partial charge in [-0.25, -0.2) is 0 Å². The lowest BCUT2D eigenvalue weighted by atomic mass is 9.73. The van der Waals surface area contributed by atoms with Crippen molar-refractivity contribution in [2.24, 2.45) is 5.41 Å². The number of anilines is 1. The monoisotopic (exact) mass is 285 g/mol. The quantitative estimate of drug-likeness (QED) is 0.906. The Kier molecular flexibility index (Phi) is 3.70. The molecule has 0 bridgehead atoms. The van der Waals surface area contributed by atoms with Gasteiger partial charge in [0.25, 0.3) is 0 Å². The Morgan fingerprint density at radius 3 is 2.86 bits per heavy atom. The molecule has 0 radical (unpaired) electrons. The van der Waals surface area contributed by atoms with Crippen molar-refractivity contribution in [2.75, 3.05) is 5.32 Å². The molecule has 1 unspecified atom stereocenters. The van der Waals surface area contributed by atoms with Crippen molar-refractivity contribution in [3.63, 3.8) is 0 Å². The maximum absolute atomic E-state index is 5.30. The van der Waals surface area contributed by atoms with Crippen LogP contribution in [-0.2, 0) is 0 Å². The number of hydrogen-bond donors (Lipinski definition) is 1. The number of aryl methyl sites for hydroxylation is 1. The van der Waals surface area contributed by atoms with Gasteiger partial charge in [0.1, 0.15) is 0 Å². The van der Waals surface area contributed by atoms with Crippen LogP contribution in [0, 0.1) is 12.3 Å². The van der Waals surface area contributed by atoms with E-state index in [-0.39, 0.29) is 0 Å². The maximum Gasteiger partial charge on any atom is 0.247 e. The summed E-state index contributed by atoms with van der Waals surface area (Å²) in [6.07, 6.45) is 6.53. The fourth-order valence-electron chi connectivity index (χ4n) is 3.16. The van der Waals surface area contributed by atoms with Gasteiger partial charge in [-0.1, -0.05) is 32.8 Å². The highest BCUT2D eigenvalue weighted by Crippen LogP contribution is 2.38. The average Bonchev–Trinajstić information content (AvgIpc) is 2.97. The molecule has 1 N–H and O–H groups in total. The lowest BCUT2D eigenvalue weighted by molar-refractivity contribution is 0.217. The van der Waals surface area contributed by atoms with E-state index in [2.05, 4.69) is 48.4 Å². The molecule has 0 amide bonds.